The van der Waals surface area contributed by atoms with Crippen molar-refractivity contribution in [1.82, 2.24) is 9.88 Å². The van der Waals surface area contributed by atoms with Gasteiger partial charge in [0.2, 0.25) is 0 Å². The molecule has 2 unspecified atom stereocenters. The van der Waals surface area contributed by atoms with Gasteiger partial charge in [0, 0.05) is 29.9 Å². The average molecular weight is 295 g/mol. The van der Waals surface area contributed by atoms with E-state index in [1.807, 2.05) is 11.3 Å². The fraction of sp³-hybridized carbons (Fsp3) is 0.812. The number of thiazole rings is 1. The lowest BCUT2D eigenvalue weighted by Crippen LogP contribution is -2.38. The summed E-state index contributed by atoms with van der Waals surface area (Å²) in [5, 5.41) is 1.26. The molecule has 2 N–H and O–H groups in total. The molecule has 4 heteroatoms. The molecular formula is C16H29N3S. The Morgan fingerprint density at radius 2 is 2.10 bits per heavy atom. The topological polar surface area (TPSA) is 42.2 Å². The maximum Gasteiger partial charge on any atom is 0.0944 e. The zero-order chi connectivity index (χ0) is 14.7. The van der Waals surface area contributed by atoms with Crippen molar-refractivity contribution < 1.29 is 0 Å². The van der Waals surface area contributed by atoms with Crippen LogP contribution in [0.15, 0.2) is 0 Å². The largest absolute Gasteiger partial charge is 0.323 e. The Bertz CT molecular complexity index is 400. The number of hydrogen-bond donors (Lipinski definition) is 1. The molecule has 2 rings (SSSR count). The summed E-state index contributed by atoms with van der Waals surface area (Å²) in [4.78, 5) is 8.75. The van der Waals surface area contributed by atoms with E-state index in [1.165, 1.54) is 41.4 Å². The van der Waals surface area contributed by atoms with E-state index >= 15 is 0 Å². The Hall–Kier alpha value is -0.450. The van der Waals surface area contributed by atoms with Gasteiger partial charge in [0.25, 0.3) is 0 Å². The molecule has 1 aliphatic heterocycles. The Morgan fingerprint density at radius 1 is 1.35 bits per heavy atom. The molecule has 3 nitrogen and oxygen atoms in total. The summed E-state index contributed by atoms with van der Waals surface area (Å²) in [5.41, 5.74) is 7.30. The third-order valence-corrected chi connectivity index (χ3v) is 5.57. The zero-order valence-corrected chi connectivity index (χ0v) is 14.2. The number of piperidine rings is 1. The van der Waals surface area contributed by atoms with E-state index in [-0.39, 0.29) is 6.04 Å². The fourth-order valence-electron chi connectivity index (χ4n) is 2.97. The molecule has 2 heterocycles. The van der Waals surface area contributed by atoms with Crippen molar-refractivity contribution in [1.29, 1.82) is 0 Å². The highest BCUT2D eigenvalue weighted by molar-refractivity contribution is 7.11. The second kappa shape index (κ2) is 7.01. The summed E-state index contributed by atoms with van der Waals surface area (Å²) in [7, 11) is 0. The number of nitrogens with zero attached hydrogens (tertiary/aromatic N) is 2. The molecule has 1 aromatic heterocycles. The van der Waals surface area contributed by atoms with E-state index in [0.29, 0.717) is 5.92 Å². The first-order valence-electron chi connectivity index (χ1n) is 7.98. The molecule has 0 aromatic carbocycles. The van der Waals surface area contributed by atoms with Crippen molar-refractivity contribution in [2.24, 2.45) is 5.73 Å². The molecular weight excluding hydrogens is 266 g/mol. The molecule has 1 fully saturated rings. The van der Waals surface area contributed by atoms with Gasteiger partial charge in [-0.15, -0.1) is 11.3 Å². The molecule has 0 radical (unpaired) electrons. The summed E-state index contributed by atoms with van der Waals surface area (Å²) in [5.74, 6) is 0.468. The van der Waals surface area contributed by atoms with Crippen molar-refractivity contribution in [2.75, 3.05) is 13.1 Å². The highest BCUT2D eigenvalue weighted by Crippen LogP contribution is 2.30. The van der Waals surface area contributed by atoms with Gasteiger partial charge in [0.15, 0.2) is 0 Å². The number of nitrogens with two attached hydrogens (primary N) is 1. The summed E-state index contributed by atoms with van der Waals surface area (Å²) >= 11 is 1.82. The third-order valence-electron chi connectivity index (χ3n) is 4.24. The van der Waals surface area contributed by atoms with Crippen LogP contribution < -0.4 is 5.73 Å². The molecule has 0 spiro atoms. The van der Waals surface area contributed by atoms with Crippen molar-refractivity contribution in [2.45, 2.75) is 71.4 Å². The van der Waals surface area contributed by atoms with Crippen molar-refractivity contribution >= 4 is 11.3 Å². The van der Waals surface area contributed by atoms with E-state index in [1.54, 1.807) is 0 Å². The van der Waals surface area contributed by atoms with Gasteiger partial charge in [-0.05, 0) is 39.2 Å². The lowest BCUT2D eigenvalue weighted by atomic mass is 10.0. The maximum atomic E-state index is 6.09. The predicted molar refractivity (Wildman–Crippen MR) is 87.4 cm³/mol. The lowest BCUT2D eigenvalue weighted by Gasteiger charge is -2.33. The molecule has 1 aliphatic rings. The predicted octanol–water partition coefficient (Wildman–Crippen LogP) is 3.70. The quantitative estimate of drug-likeness (QED) is 0.900. The standard InChI is InChI=1S/C16H29N3S/c1-11(2)15-16(13(4)17)20-14(18-15)8-10-19-9-6-5-7-12(19)3/h11-13H,5-10,17H2,1-4H3. The Kier molecular flexibility index (Phi) is 5.58. The van der Waals surface area contributed by atoms with Crippen molar-refractivity contribution in [3.05, 3.63) is 15.6 Å². The number of hydrogen-bond acceptors (Lipinski definition) is 4. The molecule has 0 aliphatic carbocycles. The molecule has 1 saturated heterocycles. The van der Waals surface area contributed by atoms with Crippen LogP contribution in [0.2, 0.25) is 0 Å². The molecule has 0 bridgehead atoms. The van der Waals surface area contributed by atoms with Gasteiger partial charge in [-0.25, -0.2) is 4.98 Å². The molecule has 20 heavy (non-hydrogen) atoms. The number of likely N-dealkylation sites (tertiary alicyclic amines) is 1. The fourth-order valence-corrected chi connectivity index (χ4v) is 4.13. The van der Waals surface area contributed by atoms with Gasteiger partial charge in [0.1, 0.15) is 0 Å². The van der Waals surface area contributed by atoms with Crippen LogP contribution in [0.1, 0.15) is 74.5 Å². The first kappa shape index (κ1) is 15.9. The van der Waals surface area contributed by atoms with Gasteiger partial charge in [-0.1, -0.05) is 20.3 Å². The lowest BCUT2D eigenvalue weighted by molar-refractivity contribution is 0.163. The van der Waals surface area contributed by atoms with Crippen molar-refractivity contribution in [3.63, 3.8) is 0 Å². The minimum Gasteiger partial charge on any atom is -0.323 e. The Balaban J connectivity index is 2.00. The SMILES string of the molecule is CC(C)c1nc(CCN2CCCCC2C)sc1C(C)N. The highest BCUT2D eigenvalue weighted by atomic mass is 32.1. The Morgan fingerprint density at radius 3 is 2.65 bits per heavy atom. The smallest absolute Gasteiger partial charge is 0.0944 e. The first-order valence-corrected chi connectivity index (χ1v) is 8.79. The minimum atomic E-state index is 0.104. The van der Waals surface area contributed by atoms with Gasteiger partial charge in [-0.3, -0.25) is 0 Å². The molecule has 0 amide bonds. The second-order valence-electron chi connectivity index (χ2n) is 6.43. The van der Waals surface area contributed by atoms with Crippen molar-refractivity contribution in [3.8, 4) is 0 Å². The monoisotopic (exact) mass is 295 g/mol. The van der Waals surface area contributed by atoms with E-state index in [9.17, 15) is 0 Å². The highest BCUT2D eigenvalue weighted by Gasteiger charge is 2.20. The third kappa shape index (κ3) is 3.80. The number of aromatic nitrogens is 1. The van der Waals surface area contributed by atoms with Crippen LogP contribution in [0.3, 0.4) is 0 Å². The maximum absolute atomic E-state index is 6.09. The van der Waals surface area contributed by atoms with E-state index in [2.05, 4.69) is 32.6 Å². The van der Waals surface area contributed by atoms with Crippen LogP contribution in [0.4, 0.5) is 0 Å². The van der Waals surface area contributed by atoms with Gasteiger partial charge in [0.05, 0.1) is 10.7 Å². The van der Waals surface area contributed by atoms with Crippen LogP contribution in [0.25, 0.3) is 0 Å². The number of rotatable bonds is 5. The van der Waals surface area contributed by atoms with E-state index < -0.39 is 0 Å². The molecule has 0 saturated carbocycles. The second-order valence-corrected chi connectivity index (χ2v) is 7.55. The Labute approximate surface area is 127 Å². The minimum absolute atomic E-state index is 0.104. The summed E-state index contributed by atoms with van der Waals surface area (Å²) in [6.45, 7) is 11.2. The van der Waals surface area contributed by atoms with Gasteiger partial charge in [-0.2, -0.15) is 0 Å². The normalized spacial score (nSPS) is 22.4. The van der Waals surface area contributed by atoms with Gasteiger partial charge >= 0.3 is 0 Å². The van der Waals surface area contributed by atoms with Crippen LogP contribution in [-0.4, -0.2) is 29.0 Å². The van der Waals surface area contributed by atoms with Crippen LogP contribution in [-0.2, 0) is 6.42 Å². The zero-order valence-electron chi connectivity index (χ0n) is 13.4. The molecule has 2 atom stereocenters. The van der Waals surface area contributed by atoms with E-state index in [4.69, 9.17) is 10.7 Å². The summed E-state index contributed by atoms with van der Waals surface area (Å²) in [6.07, 6.45) is 5.16. The molecule has 1 aromatic rings. The van der Waals surface area contributed by atoms with Crippen LogP contribution in [0, 0.1) is 0 Å². The summed E-state index contributed by atoms with van der Waals surface area (Å²) < 4.78 is 0. The van der Waals surface area contributed by atoms with E-state index in [0.717, 1.165) is 19.0 Å². The van der Waals surface area contributed by atoms with Gasteiger partial charge < -0.3 is 10.6 Å². The average Bonchev–Trinajstić information content (AvgIpc) is 2.82. The van der Waals surface area contributed by atoms with Crippen LogP contribution >= 0.6 is 11.3 Å². The first-order chi connectivity index (χ1) is 9.49. The summed E-state index contributed by atoms with van der Waals surface area (Å²) in [6, 6.07) is 0.841. The molecule has 114 valence electrons. The van der Waals surface area contributed by atoms with Crippen LogP contribution in [0.5, 0.6) is 0 Å².